The molecule has 1 aliphatic rings. The van der Waals surface area contributed by atoms with Gasteiger partial charge in [-0.15, -0.1) is 0 Å². The van der Waals surface area contributed by atoms with Gasteiger partial charge in [0.05, 0.1) is 11.5 Å². The first-order valence-electron chi connectivity index (χ1n) is 7.32. The van der Waals surface area contributed by atoms with Gasteiger partial charge in [0.25, 0.3) is 5.91 Å². The Bertz CT molecular complexity index is 626. The van der Waals surface area contributed by atoms with Crippen LogP contribution < -0.4 is 4.74 Å². The number of para-hydroxylation sites is 1. The summed E-state index contributed by atoms with van der Waals surface area (Å²) in [5, 5.41) is 10.9. The van der Waals surface area contributed by atoms with Gasteiger partial charge >= 0.3 is 0 Å². The highest BCUT2D eigenvalue weighted by Gasteiger charge is 2.32. The van der Waals surface area contributed by atoms with E-state index in [2.05, 4.69) is 4.99 Å². The van der Waals surface area contributed by atoms with Crippen LogP contribution in [0.15, 0.2) is 28.1 Å². The topological polar surface area (TPSA) is 62.1 Å². The molecule has 0 unspecified atom stereocenters. The second kappa shape index (κ2) is 7.35. The highest BCUT2D eigenvalue weighted by Crippen LogP contribution is 2.36. The quantitative estimate of drug-likeness (QED) is 0.847. The lowest BCUT2D eigenvalue weighted by Crippen LogP contribution is -2.28. The third-order valence-electron chi connectivity index (χ3n) is 3.11. The highest BCUT2D eigenvalue weighted by atomic mass is 32.2. The first-order chi connectivity index (χ1) is 10.6. The Morgan fingerprint density at radius 2 is 2.14 bits per heavy atom. The number of rotatable bonds is 5. The van der Waals surface area contributed by atoms with Crippen LogP contribution in [0.1, 0.15) is 26.3 Å². The number of aliphatic imine (C=N–C) groups is 1. The number of carbonyl (C=O) groups excluding carboxylic acids is 1. The summed E-state index contributed by atoms with van der Waals surface area (Å²) in [7, 11) is 0. The lowest BCUT2D eigenvalue weighted by molar-refractivity contribution is -0.122. The van der Waals surface area contributed by atoms with Crippen molar-refractivity contribution >= 4 is 28.9 Å². The van der Waals surface area contributed by atoms with Crippen LogP contribution in [0.5, 0.6) is 11.5 Å². The van der Waals surface area contributed by atoms with Crippen LogP contribution in [0.3, 0.4) is 0 Å². The van der Waals surface area contributed by atoms with Gasteiger partial charge in [-0.25, -0.2) is 0 Å². The second-order valence-electron chi connectivity index (χ2n) is 4.54. The lowest BCUT2D eigenvalue weighted by Gasteiger charge is -2.11. The van der Waals surface area contributed by atoms with Gasteiger partial charge in [-0.3, -0.25) is 14.7 Å². The van der Waals surface area contributed by atoms with Crippen LogP contribution in [-0.2, 0) is 4.79 Å². The molecule has 0 aromatic heterocycles. The molecule has 0 spiro atoms. The molecule has 1 aliphatic heterocycles. The number of aromatic hydroxyl groups is 1. The van der Waals surface area contributed by atoms with Crippen molar-refractivity contribution in [2.75, 3.05) is 19.7 Å². The van der Waals surface area contributed by atoms with Crippen LogP contribution in [0.4, 0.5) is 0 Å². The average Bonchev–Trinajstić information content (AvgIpc) is 2.79. The van der Waals surface area contributed by atoms with Gasteiger partial charge in [0.2, 0.25) is 0 Å². The molecule has 0 radical (unpaired) electrons. The summed E-state index contributed by atoms with van der Waals surface area (Å²) in [6, 6.07) is 5.25. The summed E-state index contributed by atoms with van der Waals surface area (Å²) >= 11 is 1.33. The zero-order valence-corrected chi connectivity index (χ0v) is 13.8. The third-order valence-corrected chi connectivity index (χ3v) is 4.16. The highest BCUT2D eigenvalue weighted by molar-refractivity contribution is 8.18. The lowest BCUT2D eigenvalue weighted by atomic mass is 10.1. The number of carbonyl (C=O) groups is 1. The van der Waals surface area contributed by atoms with Gasteiger partial charge < -0.3 is 9.84 Å². The maximum Gasteiger partial charge on any atom is 0.266 e. The maximum atomic E-state index is 12.4. The van der Waals surface area contributed by atoms with E-state index in [-0.39, 0.29) is 11.7 Å². The molecule has 2 rings (SSSR count). The number of benzene rings is 1. The number of ether oxygens (including phenoxy) is 1. The fourth-order valence-electron chi connectivity index (χ4n) is 2.11. The third kappa shape index (κ3) is 3.27. The Hall–Kier alpha value is -1.95. The molecule has 0 saturated carbocycles. The predicted molar refractivity (Wildman–Crippen MR) is 90.2 cm³/mol. The molecule has 0 bridgehead atoms. The number of hydrogen-bond donors (Lipinski definition) is 1. The van der Waals surface area contributed by atoms with Crippen molar-refractivity contribution in [1.29, 1.82) is 0 Å². The maximum absolute atomic E-state index is 12.4. The normalized spacial score (nSPS) is 18.5. The fraction of sp³-hybridized carbons (Fsp3) is 0.375. The van der Waals surface area contributed by atoms with E-state index in [9.17, 15) is 9.90 Å². The van der Waals surface area contributed by atoms with Crippen molar-refractivity contribution in [1.82, 2.24) is 4.90 Å². The minimum atomic E-state index is -0.0825. The van der Waals surface area contributed by atoms with Gasteiger partial charge in [-0.2, -0.15) is 0 Å². The molecule has 0 aliphatic carbocycles. The van der Waals surface area contributed by atoms with Gasteiger partial charge in [-0.1, -0.05) is 12.1 Å². The van der Waals surface area contributed by atoms with Crippen molar-refractivity contribution in [2.45, 2.75) is 20.8 Å². The number of hydrogen-bond acceptors (Lipinski definition) is 5. The van der Waals surface area contributed by atoms with E-state index in [1.165, 1.54) is 11.8 Å². The molecule has 5 nitrogen and oxygen atoms in total. The molecular formula is C16H20N2O3S. The molecular weight excluding hydrogens is 300 g/mol. The van der Waals surface area contributed by atoms with Gasteiger partial charge in [-0.05, 0) is 44.7 Å². The Morgan fingerprint density at radius 3 is 2.77 bits per heavy atom. The summed E-state index contributed by atoms with van der Waals surface area (Å²) in [4.78, 5) is 18.9. The number of phenols is 1. The van der Waals surface area contributed by atoms with E-state index in [1.54, 1.807) is 29.2 Å². The van der Waals surface area contributed by atoms with Crippen LogP contribution in [0.25, 0.3) is 6.08 Å². The zero-order chi connectivity index (χ0) is 16.1. The van der Waals surface area contributed by atoms with Crippen molar-refractivity contribution < 1.29 is 14.6 Å². The van der Waals surface area contributed by atoms with E-state index >= 15 is 0 Å². The average molecular weight is 320 g/mol. The number of phenolic OH excluding ortho intramolecular Hbond substituents is 1. The molecule has 1 N–H and O–H groups in total. The fourth-order valence-corrected chi connectivity index (χ4v) is 3.20. The monoisotopic (exact) mass is 320 g/mol. The minimum absolute atomic E-state index is 0.0502. The Balaban J connectivity index is 2.36. The smallest absolute Gasteiger partial charge is 0.266 e. The molecule has 1 aromatic rings. The molecule has 118 valence electrons. The Kier molecular flexibility index (Phi) is 5.49. The van der Waals surface area contributed by atoms with Crippen LogP contribution in [0.2, 0.25) is 0 Å². The molecule has 0 atom stereocenters. The summed E-state index contributed by atoms with van der Waals surface area (Å²) < 4.78 is 5.37. The minimum Gasteiger partial charge on any atom is -0.504 e. The molecule has 6 heteroatoms. The molecule has 1 fully saturated rings. The molecule has 1 aromatic carbocycles. The number of amidine groups is 1. The molecule has 1 amide bonds. The predicted octanol–water partition coefficient (Wildman–Crippen LogP) is 3.10. The van der Waals surface area contributed by atoms with Crippen LogP contribution in [0, 0.1) is 0 Å². The van der Waals surface area contributed by atoms with E-state index in [4.69, 9.17) is 4.74 Å². The van der Waals surface area contributed by atoms with Crippen molar-refractivity contribution in [2.24, 2.45) is 4.99 Å². The Labute approximate surface area is 134 Å². The number of likely N-dealkylation sites (N-methyl/N-ethyl adjacent to an activating group) is 1. The van der Waals surface area contributed by atoms with E-state index in [0.29, 0.717) is 41.1 Å². The van der Waals surface area contributed by atoms with E-state index in [1.807, 2.05) is 20.8 Å². The zero-order valence-electron chi connectivity index (χ0n) is 13.0. The van der Waals surface area contributed by atoms with Crippen molar-refractivity contribution in [3.8, 4) is 11.5 Å². The number of amides is 1. The molecule has 22 heavy (non-hydrogen) atoms. The van der Waals surface area contributed by atoms with E-state index < -0.39 is 0 Å². The second-order valence-corrected chi connectivity index (χ2v) is 5.55. The van der Waals surface area contributed by atoms with Crippen LogP contribution >= 0.6 is 11.8 Å². The summed E-state index contributed by atoms with van der Waals surface area (Å²) in [5.74, 6) is 0.386. The SMILES string of the molecule is CCN=C1S/C(=C/c2cccc(OCC)c2O)C(=O)N1CC. The van der Waals surface area contributed by atoms with Crippen molar-refractivity contribution in [3.05, 3.63) is 28.7 Å². The van der Waals surface area contributed by atoms with Gasteiger partial charge in [0.15, 0.2) is 16.7 Å². The summed E-state index contributed by atoms with van der Waals surface area (Å²) in [6.07, 6.45) is 1.69. The summed E-state index contributed by atoms with van der Waals surface area (Å²) in [5.41, 5.74) is 0.565. The van der Waals surface area contributed by atoms with Crippen LogP contribution in [-0.4, -0.2) is 40.8 Å². The first-order valence-corrected chi connectivity index (χ1v) is 8.14. The molecule has 1 heterocycles. The Morgan fingerprint density at radius 1 is 1.36 bits per heavy atom. The van der Waals surface area contributed by atoms with Gasteiger partial charge in [0, 0.05) is 18.7 Å². The molecule has 1 saturated heterocycles. The number of nitrogens with zero attached hydrogens (tertiary/aromatic N) is 2. The van der Waals surface area contributed by atoms with E-state index in [0.717, 1.165) is 0 Å². The standard InChI is InChI=1S/C16H20N2O3S/c1-4-17-16-18(5-2)15(20)13(22-16)10-11-8-7-9-12(14(11)19)21-6-3/h7-10,19H,4-6H2,1-3H3/b13-10+,17-16?. The van der Waals surface area contributed by atoms with Gasteiger partial charge in [0.1, 0.15) is 0 Å². The summed E-state index contributed by atoms with van der Waals surface area (Å²) in [6.45, 7) is 7.38. The first kappa shape index (κ1) is 16.4. The van der Waals surface area contributed by atoms with Crippen molar-refractivity contribution in [3.63, 3.8) is 0 Å². The largest absolute Gasteiger partial charge is 0.504 e. The number of thioether (sulfide) groups is 1.